The molecule has 0 fully saturated rings. The summed E-state index contributed by atoms with van der Waals surface area (Å²) in [5.41, 5.74) is 0.748. The number of aromatic nitrogens is 2. The predicted octanol–water partition coefficient (Wildman–Crippen LogP) is 4.74. The maximum absolute atomic E-state index is 11.8. The van der Waals surface area contributed by atoms with Crippen LogP contribution in [-0.4, -0.2) is 21.9 Å². The molecular formula is C16H10Cl2N2O3S. The van der Waals surface area contributed by atoms with Crippen LogP contribution in [0.25, 0.3) is 11.5 Å². The summed E-state index contributed by atoms with van der Waals surface area (Å²) in [6.07, 6.45) is 0. The summed E-state index contributed by atoms with van der Waals surface area (Å²) in [5, 5.41) is 9.10. The van der Waals surface area contributed by atoms with Gasteiger partial charge in [-0.05, 0) is 36.4 Å². The molecule has 1 aromatic heterocycles. The first-order chi connectivity index (χ1) is 11.6. The number of hydrogen-bond acceptors (Lipinski definition) is 6. The van der Waals surface area contributed by atoms with Gasteiger partial charge in [-0.15, -0.1) is 10.2 Å². The van der Waals surface area contributed by atoms with E-state index in [9.17, 15) is 4.79 Å². The number of ether oxygens (including phenoxy) is 1. The molecule has 5 nitrogen and oxygen atoms in total. The van der Waals surface area contributed by atoms with Gasteiger partial charge in [0.1, 0.15) is 11.5 Å². The van der Waals surface area contributed by atoms with Gasteiger partial charge in [-0.25, -0.2) is 0 Å². The number of esters is 1. The van der Waals surface area contributed by atoms with E-state index in [0.29, 0.717) is 21.7 Å². The Morgan fingerprint density at radius 1 is 1.08 bits per heavy atom. The third-order valence-corrected chi connectivity index (χ3v) is 4.23. The molecule has 1 heterocycles. The van der Waals surface area contributed by atoms with Crippen LogP contribution in [0.3, 0.4) is 0 Å². The van der Waals surface area contributed by atoms with Crippen molar-refractivity contribution in [2.24, 2.45) is 0 Å². The average molecular weight is 381 g/mol. The van der Waals surface area contributed by atoms with Crippen LogP contribution in [0, 0.1) is 0 Å². The summed E-state index contributed by atoms with van der Waals surface area (Å²) < 4.78 is 10.7. The lowest BCUT2D eigenvalue weighted by atomic mass is 10.2. The van der Waals surface area contributed by atoms with Crippen molar-refractivity contribution in [2.45, 2.75) is 5.22 Å². The number of carbonyl (C=O) groups is 1. The Labute approximate surface area is 151 Å². The summed E-state index contributed by atoms with van der Waals surface area (Å²) >= 11 is 12.9. The Morgan fingerprint density at radius 2 is 1.83 bits per heavy atom. The van der Waals surface area contributed by atoms with E-state index < -0.39 is 5.97 Å². The molecular weight excluding hydrogens is 371 g/mol. The van der Waals surface area contributed by atoms with Gasteiger partial charge >= 0.3 is 5.97 Å². The van der Waals surface area contributed by atoms with Gasteiger partial charge in [0.25, 0.3) is 5.22 Å². The van der Waals surface area contributed by atoms with Crippen LogP contribution in [0.15, 0.2) is 58.2 Å². The van der Waals surface area contributed by atoms with Crippen molar-refractivity contribution >= 4 is 40.9 Å². The molecule has 0 amide bonds. The Balaban J connectivity index is 1.58. The molecule has 0 radical (unpaired) electrons. The average Bonchev–Trinajstić information content (AvgIpc) is 3.05. The van der Waals surface area contributed by atoms with Gasteiger partial charge in [-0.2, -0.15) is 0 Å². The molecule has 0 atom stereocenters. The third kappa shape index (κ3) is 4.29. The van der Waals surface area contributed by atoms with E-state index in [-0.39, 0.29) is 11.0 Å². The summed E-state index contributed by atoms with van der Waals surface area (Å²) in [5.74, 6) is 0.234. The number of benzene rings is 2. The van der Waals surface area contributed by atoms with Crippen LogP contribution in [0.1, 0.15) is 0 Å². The Bertz CT molecular complexity index is 853. The molecule has 0 aliphatic carbocycles. The van der Waals surface area contributed by atoms with Crippen molar-refractivity contribution in [3.63, 3.8) is 0 Å². The van der Waals surface area contributed by atoms with Gasteiger partial charge in [-0.1, -0.05) is 47.1 Å². The fraction of sp³-hybridized carbons (Fsp3) is 0.0625. The number of rotatable bonds is 5. The number of nitrogens with zero attached hydrogens (tertiary/aromatic N) is 2. The molecule has 3 rings (SSSR count). The number of halogens is 2. The van der Waals surface area contributed by atoms with E-state index in [2.05, 4.69) is 10.2 Å². The third-order valence-electron chi connectivity index (χ3n) is 2.87. The van der Waals surface area contributed by atoms with Gasteiger partial charge in [0, 0.05) is 10.6 Å². The lowest BCUT2D eigenvalue weighted by Gasteiger charge is -2.04. The number of thioether (sulfide) groups is 1. The van der Waals surface area contributed by atoms with Crippen molar-refractivity contribution in [1.82, 2.24) is 10.2 Å². The standard InChI is InChI=1S/C16H10Cl2N2O3S/c17-11-7-5-10(6-8-11)15-19-20-16(23-15)24-9-14(21)22-13-4-2-1-3-12(13)18/h1-8H,9H2. The molecule has 122 valence electrons. The highest BCUT2D eigenvalue weighted by Crippen LogP contribution is 2.26. The van der Waals surface area contributed by atoms with Crippen LogP contribution >= 0.6 is 35.0 Å². The molecule has 24 heavy (non-hydrogen) atoms. The first kappa shape index (κ1) is 16.8. The summed E-state index contributed by atoms with van der Waals surface area (Å²) in [6, 6.07) is 13.8. The molecule has 0 unspecified atom stereocenters. The minimum Gasteiger partial charge on any atom is -0.424 e. The first-order valence-electron chi connectivity index (χ1n) is 6.79. The van der Waals surface area contributed by atoms with Gasteiger partial charge in [0.15, 0.2) is 0 Å². The number of para-hydroxylation sites is 1. The van der Waals surface area contributed by atoms with Crippen molar-refractivity contribution in [3.05, 3.63) is 58.6 Å². The normalized spacial score (nSPS) is 10.6. The second-order valence-corrected chi connectivity index (χ2v) is 6.34. The Morgan fingerprint density at radius 3 is 2.58 bits per heavy atom. The van der Waals surface area contributed by atoms with Crippen LogP contribution in [0.2, 0.25) is 10.0 Å². The molecule has 0 spiro atoms. The minimum absolute atomic E-state index is 0.0213. The van der Waals surface area contributed by atoms with Crippen molar-refractivity contribution in [3.8, 4) is 17.2 Å². The second-order valence-electron chi connectivity index (χ2n) is 4.57. The van der Waals surface area contributed by atoms with Gasteiger partial charge in [0.05, 0.1) is 5.02 Å². The zero-order valence-electron chi connectivity index (χ0n) is 12.1. The van der Waals surface area contributed by atoms with E-state index in [4.69, 9.17) is 32.4 Å². The highest BCUT2D eigenvalue weighted by Gasteiger charge is 2.13. The smallest absolute Gasteiger partial charge is 0.321 e. The van der Waals surface area contributed by atoms with Crippen molar-refractivity contribution in [2.75, 3.05) is 5.75 Å². The molecule has 0 bridgehead atoms. The zero-order chi connectivity index (χ0) is 16.9. The molecule has 0 saturated heterocycles. The van der Waals surface area contributed by atoms with Crippen molar-refractivity contribution < 1.29 is 13.9 Å². The first-order valence-corrected chi connectivity index (χ1v) is 8.53. The van der Waals surface area contributed by atoms with Crippen LogP contribution < -0.4 is 4.74 Å². The summed E-state index contributed by atoms with van der Waals surface area (Å²) in [7, 11) is 0. The van der Waals surface area contributed by atoms with Crippen LogP contribution in [0.4, 0.5) is 0 Å². The molecule has 3 aromatic rings. The summed E-state index contributed by atoms with van der Waals surface area (Å²) in [4.78, 5) is 11.8. The molecule has 0 aliphatic heterocycles. The van der Waals surface area contributed by atoms with Crippen LogP contribution in [0.5, 0.6) is 5.75 Å². The lowest BCUT2D eigenvalue weighted by molar-refractivity contribution is -0.131. The van der Waals surface area contributed by atoms with E-state index in [1.54, 1.807) is 48.5 Å². The van der Waals surface area contributed by atoms with E-state index >= 15 is 0 Å². The van der Waals surface area contributed by atoms with E-state index in [1.807, 2.05) is 0 Å². The molecule has 0 saturated carbocycles. The summed E-state index contributed by atoms with van der Waals surface area (Å²) in [6.45, 7) is 0. The predicted molar refractivity (Wildman–Crippen MR) is 92.6 cm³/mol. The fourth-order valence-corrected chi connectivity index (χ4v) is 2.61. The largest absolute Gasteiger partial charge is 0.424 e. The minimum atomic E-state index is -0.459. The Kier molecular flexibility index (Phi) is 5.40. The highest BCUT2D eigenvalue weighted by atomic mass is 35.5. The Hall–Kier alpha value is -2.02. The van der Waals surface area contributed by atoms with E-state index in [1.165, 1.54) is 0 Å². The molecule has 8 heteroatoms. The second kappa shape index (κ2) is 7.70. The van der Waals surface area contributed by atoms with Crippen molar-refractivity contribution in [1.29, 1.82) is 0 Å². The maximum Gasteiger partial charge on any atom is 0.321 e. The molecule has 0 N–H and O–H groups in total. The fourth-order valence-electron chi connectivity index (χ4n) is 1.78. The van der Waals surface area contributed by atoms with Gasteiger partial charge in [0.2, 0.25) is 5.89 Å². The monoisotopic (exact) mass is 380 g/mol. The number of carbonyl (C=O) groups excluding carboxylic acids is 1. The molecule has 0 aliphatic rings. The SMILES string of the molecule is O=C(CSc1nnc(-c2ccc(Cl)cc2)o1)Oc1ccccc1Cl. The quantitative estimate of drug-likeness (QED) is 0.361. The van der Waals surface area contributed by atoms with Gasteiger partial charge < -0.3 is 9.15 Å². The van der Waals surface area contributed by atoms with Crippen LogP contribution in [-0.2, 0) is 4.79 Å². The lowest BCUT2D eigenvalue weighted by Crippen LogP contribution is -2.10. The van der Waals surface area contributed by atoms with E-state index in [0.717, 1.165) is 17.3 Å². The maximum atomic E-state index is 11.8. The van der Waals surface area contributed by atoms with Gasteiger partial charge in [-0.3, -0.25) is 4.79 Å². The topological polar surface area (TPSA) is 65.2 Å². The molecule has 2 aromatic carbocycles. The highest BCUT2D eigenvalue weighted by molar-refractivity contribution is 7.99. The zero-order valence-corrected chi connectivity index (χ0v) is 14.4. The number of hydrogen-bond donors (Lipinski definition) is 0.